The largest absolute Gasteiger partial charge is 0.490 e. The van der Waals surface area contributed by atoms with Gasteiger partial charge in [-0.25, -0.2) is 0 Å². The van der Waals surface area contributed by atoms with Gasteiger partial charge in [-0.1, -0.05) is 19.9 Å². The molecule has 0 saturated heterocycles. The highest BCUT2D eigenvalue weighted by Gasteiger charge is 2.67. The van der Waals surface area contributed by atoms with E-state index >= 15 is 0 Å². The zero-order valence-corrected chi connectivity index (χ0v) is 16.8. The van der Waals surface area contributed by atoms with Gasteiger partial charge in [-0.2, -0.15) is 0 Å². The van der Waals surface area contributed by atoms with Crippen LogP contribution in [0.1, 0.15) is 58.6 Å². The Balaban J connectivity index is 2.10. The highest BCUT2D eigenvalue weighted by Crippen LogP contribution is 2.63. The van der Waals surface area contributed by atoms with Gasteiger partial charge in [0.1, 0.15) is 4.33 Å². The number of ether oxygens (including phenoxy) is 2. The average molecular weight is 388 g/mol. The lowest BCUT2D eigenvalue weighted by molar-refractivity contribution is -0.126. The monoisotopic (exact) mass is 387 g/mol. The summed E-state index contributed by atoms with van der Waals surface area (Å²) in [4.78, 5) is 12.5. The number of alkyl halides is 2. The Kier molecular flexibility index (Phi) is 6.50. The van der Waals surface area contributed by atoms with Crippen LogP contribution in [0, 0.1) is 5.41 Å². The fourth-order valence-corrected chi connectivity index (χ4v) is 3.24. The van der Waals surface area contributed by atoms with Crippen LogP contribution in [0.4, 0.5) is 0 Å². The van der Waals surface area contributed by atoms with Crippen molar-refractivity contribution in [3.63, 3.8) is 0 Å². The van der Waals surface area contributed by atoms with Gasteiger partial charge >= 0.3 is 0 Å². The van der Waals surface area contributed by atoms with Crippen LogP contribution in [0.2, 0.25) is 0 Å². The molecule has 0 unspecified atom stereocenters. The molecule has 1 aromatic rings. The lowest BCUT2D eigenvalue weighted by atomic mass is 10.0. The van der Waals surface area contributed by atoms with E-state index < -0.39 is 9.75 Å². The molecule has 2 rings (SSSR count). The second-order valence-electron chi connectivity index (χ2n) is 6.81. The summed E-state index contributed by atoms with van der Waals surface area (Å²) in [6.07, 6.45) is 2.31. The molecule has 0 radical (unpaired) electrons. The van der Waals surface area contributed by atoms with E-state index in [0.29, 0.717) is 25.4 Å². The molecule has 0 aliphatic heterocycles. The summed E-state index contributed by atoms with van der Waals surface area (Å²) in [5.41, 5.74) is 0.220. The summed E-state index contributed by atoms with van der Waals surface area (Å²) in [5, 5.41) is 3.00. The highest BCUT2D eigenvalue weighted by atomic mass is 35.5. The lowest BCUT2D eigenvalue weighted by Crippen LogP contribution is -2.35. The molecule has 6 heteroatoms. The third-order valence-electron chi connectivity index (χ3n) is 4.50. The quantitative estimate of drug-likeness (QED) is 0.604. The van der Waals surface area contributed by atoms with Gasteiger partial charge in [-0.05, 0) is 50.8 Å². The Labute approximate surface area is 160 Å². The molecular weight excluding hydrogens is 361 g/mol. The SMILES string of the molecule is CCCOc1ccc([C@@H](C)NC(=O)[C@]2(C)CC2(Cl)Cl)cc1OCCC. The van der Waals surface area contributed by atoms with E-state index in [1.54, 1.807) is 6.92 Å². The standard InChI is InChI=1S/C19H27Cl2NO3/c1-5-9-24-15-8-7-14(11-16(15)25-10-6-2)13(3)22-17(23)18(4)12-19(18,20)21/h7-8,11,13H,5-6,9-10,12H2,1-4H3,(H,22,23)/t13-,18+/m1/s1. The molecule has 140 valence electrons. The van der Waals surface area contributed by atoms with Crippen molar-refractivity contribution in [1.29, 1.82) is 0 Å². The fraction of sp³-hybridized carbons (Fsp3) is 0.632. The van der Waals surface area contributed by atoms with E-state index in [9.17, 15) is 4.79 Å². The number of hydrogen-bond donors (Lipinski definition) is 1. The molecule has 0 heterocycles. The van der Waals surface area contributed by atoms with E-state index in [4.69, 9.17) is 32.7 Å². The summed E-state index contributed by atoms with van der Waals surface area (Å²) in [7, 11) is 0. The third kappa shape index (κ3) is 4.53. The van der Waals surface area contributed by atoms with Crippen molar-refractivity contribution in [2.75, 3.05) is 13.2 Å². The molecule has 1 saturated carbocycles. The number of carbonyl (C=O) groups is 1. The number of hydrogen-bond acceptors (Lipinski definition) is 3. The van der Waals surface area contributed by atoms with Gasteiger partial charge in [0.2, 0.25) is 5.91 Å². The van der Waals surface area contributed by atoms with E-state index in [1.165, 1.54) is 0 Å². The molecule has 1 aliphatic carbocycles. The average Bonchev–Trinajstić information content (AvgIpc) is 3.10. The molecular formula is C19H27Cl2NO3. The first-order valence-electron chi connectivity index (χ1n) is 8.83. The molecule has 0 bridgehead atoms. The molecule has 1 aromatic carbocycles. The third-order valence-corrected chi connectivity index (χ3v) is 5.60. The molecule has 1 amide bonds. The second-order valence-corrected chi connectivity index (χ2v) is 8.30. The summed E-state index contributed by atoms with van der Waals surface area (Å²) in [6, 6.07) is 5.58. The number of amides is 1. The smallest absolute Gasteiger partial charge is 0.229 e. The van der Waals surface area contributed by atoms with E-state index in [-0.39, 0.29) is 11.9 Å². The van der Waals surface area contributed by atoms with Crippen LogP contribution in [0.25, 0.3) is 0 Å². The number of halogens is 2. The summed E-state index contributed by atoms with van der Waals surface area (Å²) >= 11 is 12.2. The Bertz CT molecular complexity index is 621. The summed E-state index contributed by atoms with van der Waals surface area (Å²) in [5.74, 6) is 1.30. The Morgan fingerprint density at radius 2 is 1.76 bits per heavy atom. The topological polar surface area (TPSA) is 47.6 Å². The van der Waals surface area contributed by atoms with Crippen LogP contribution in [0.5, 0.6) is 11.5 Å². The van der Waals surface area contributed by atoms with E-state index in [1.807, 2.05) is 25.1 Å². The maximum Gasteiger partial charge on any atom is 0.229 e. The van der Waals surface area contributed by atoms with Crippen LogP contribution < -0.4 is 14.8 Å². The first-order valence-corrected chi connectivity index (χ1v) is 9.59. The van der Waals surface area contributed by atoms with Gasteiger partial charge in [0.25, 0.3) is 0 Å². The molecule has 1 aliphatic rings. The first kappa shape index (κ1) is 20.2. The van der Waals surface area contributed by atoms with Gasteiger partial charge in [-0.15, -0.1) is 23.2 Å². The highest BCUT2D eigenvalue weighted by molar-refractivity contribution is 6.53. The van der Waals surface area contributed by atoms with E-state index in [2.05, 4.69) is 19.2 Å². The maximum absolute atomic E-state index is 12.5. The van der Waals surface area contributed by atoms with Crippen molar-refractivity contribution >= 4 is 29.1 Å². The molecule has 0 spiro atoms. The van der Waals surface area contributed by atoms with Gasteiger partial charge in [0, 0.05) is 0 Å². The van der Waals surface area contributed by atoms with Crippen LogP contribution in [0.3, 0.4) is 0 Å². The molecule has 4 nitrogen and oxygen atoms in total. The van der Waals surface area contributed by atoms with E-state index in [0.717, 1.165) is 24.2 Å². The van der Waals surface area contributed by atoms with Crippen LogP contribution in [-0.4, -0.2) is 23.5 Å². The predicted molar refractivity (Wildman–Crippen MR) is 102 cm³/mol. The maximum atomic E-state index is 12.5. The molecule has 2 atom stereocenters. The van der Waals surface area contributed by atoms with Crippen molar-refractivity contribution in [1.82, 2.24) is 5.32 Å². The predicted octanol–water partition coefficient (Wildman–Crippen LogP) is 5.03. The normalized spacial score (nSPS) is 22.2. The summed E-state index contributed by atoms with van der Waals surface area (Å²) in [6.45, 7) is 9.09. The minimum Gasteiger partial charge on any atom is -0.490 e. The number of carbonyl (C=O) groups excluding carboxylic acids is 1. The minimum absolute atomic E-state index is 0.132. The van der Waals surface area contributed by atoms with Crippen molar-refractivity contribution < 1.29 is 14.3 Å². The van der Waals surface area contributed by atoms with Crippen LogP contribution in [-0.2, 0) is 4.79 Å². The molecule has 1 N–H and O–H groups in total. The zero-order chi connectivity index (χ0) is 18.7. The van der Waals surface area contributed by atoms with Gasteiger partial charge < -0.3 is 14.8 Å². The Hall–Kier alpha value is -1.13. The fourth-order valence-electron chi connectivity index (χ4n) is 2.54. The number of benzene rings is 1. The van der Waals surface area contributed by atoms with Crippen LogP contribution in [0.15, 0.2) is 18.2 Å². The molecule has 1 fully saturated rings. The van der Waals surface area contributed by atoms with Crippen molar-refractivity contribution in [2.24, 2.45) is 5.41 Å². The zero-order valence-electron chi connectivity index (χ0n) is 15.3. The van der Waals surface area contributed by atoms with Gasteiger partial charge in [0.05, 0.1) is 24.7 Å². The second kappa shape index (κ2) is 8.05. The van der Waals surface area contributed by atoms with Crippen LogP contribution >= 0.6 is 23.2 Å². The van der Waals surface area contributed by atoms with Crippen molar-refractivity contribution in [2.45, 2.75) is 57.3 Å². The van der Waals surface area contributed by atoms with Gasteiger partial charge in [-0.3, -0.25) is 4.79 Å². The van der Waals surface area contributed by atoms with Crippen molar-refractivity contribution in [3.8, 4) is 11.5 Å². The number of rotatable bonds is 9. The summed E-state index contributed by atoms with van der Waals surface area (Å²) < 4.78 is 10.6. The Morgan fingerprint density at radius 3 is 2.28 bits per heavy atom. The van der Waals surface area contributed by atoms with Crippen molar-refractivity contribution in [3.05, 3.63) is 23.8 Å². The van der Waals surface area contributed by atoms with Gasteiger partial charge in [0.15, 0.2) is 11.5 Å². The molecule has 0 aromatic heterocycles. The molecule has 25 heavy (non-hydrogen) atoms. The first-order chi connectivity index (χ1) is 11.7. The Morgan fingerprint density at radius 1 is 1.20 bits per heavy atom. The minimum atomic E-state index is -0.968. The number of nitrogens with one attached hydrogen (secondary N) is 1. The lowest BCUT2D eigenvalue weighted by Gasteiger charge is -2.20.